The van der Waals surface area contributed by atoms with Gasteiger partial charge in [-0.05, 0) is 18.1 Å². The Kier molecular flexibility index (Phi) is 5.88. The van der Waals surface area contributed by atoms with E-state index >= 15 is 0 Å². The standard InChI is InChI=1S/C18H21N3O2/c1-13-7-5-6-8-14(13)11-12-20-16(17(22)21-18(19)23)15-9-3-2-4-10-15/h2-10,16,20H,11-12H2,1H3,(H3,19,21,22,23)/p+1/t16-/m0/s1. The van der Waals surface area contributed by atoms with Crippen LogP contribution < -0.4 is 16.4 Å². The lowest BCUT2D eigenvalue weighted by Gasteiger charge is -2.15. The maximum Gasteiger partial charge on any atom is 0.319 e. The molecule has 0 aliphatic rings. The molecule has 0 saturated carbocycles. The highest BCUT2D eigenvalue weighted by molar-refractivity contribution is 5.96. The summed E-state index contributed by atoms with van der Waals surface area (Å²) >= 11 is 0. The van der Waals surface area contributed by atoms with Crippen LogP contribution in [-0.4, -0.2) is 18.5 Å². The number of amides is 3. The van der Waals surface area contributed by atoms with Crippen LogP contribution in [0.15, 0.2) is 54.6 Å². The number of hydrogen-bond donors (Lipinski definition) is 3. The highest BCUT2D eigenvalue weighted by Gasteiger charge is 2.24. The zero-order valence-electron chi connectivity index (χ0n) is 13.2. The first kappa shape index (κ1) is 16.7. The predicted molar refractivity (Wildman–Crippen MR) is 88.6 cm³/mol. The predicted octanol–water partition coefficient (Wildman–Crippen LogP) is 1.04. The molecular formula is C18H22N3O2+. The number of quaternary nitrogens is 1. The Morgan fingerprint density at radius 3 is 2.39 bits per heavy atom. The van der Waals surface area contributed by atoms with Crippen LogP contribution in [0.3, 0.4) is 0 Å². The average molecular weight is 312 g/mol. The molecule has 0 radical (unpaired) electrons. The largest absolute Gasteiger partial charge is 0.351 e. The fourth-order valence-corrected chi connectivity index (χ4v) is 2.55. The lowest BCUT2D eigenvalue weighted by molar-refractivity contribution is -0.682. The maximum atomic E-state index is 12.2. The van der Waals surface area contributed by atoms with Gasteiger partial charge in [0.2, 0.25) is 0 Å². The maximum absolute atomic E-state index is 12.2. The third-order valence-electron chi connectivity index (χ3n) is 3.76. The molecule has 120 valence electrons. The summed E-state index contributed by atoms with van der Waals surface area (Å²) in [5.41, 5.74) is 8.40. The SMILES string of the molecule is Cc1ccccc1CC[NH2+][C@H](C(=O)NC(N)=O)c1ccccc1. The minimum atomic E-state index is -0.830. The number of primary amides is 1. The van der Waals surface area contributed by atoms with Gasteiger partial charge in [-0.25, -0.2) is 4.79 Å². The van der Waals surface area contributed by atoms with Gasteiger partial charge < -0.3 is 11.1 Å². The van der Waals surface area contributed by atoms with Gasteiger partial charge in [-0.2, -0.15) is 0 Å². The number of carbonyl (C=O) groups is 2. The van der Waals surface area contributed by atoms with Gasteiger partial charge in [-0.1, -0.05) is 54.6 Å². The summed E-state index contributed by atoms with van der Waals surface area (Å²) in [7, 11) is 0. The van der Waals surface area contributed by atoms with E-state index < -0.39 is 18.0 Å². The van der Waals surface area contributed by atoms with Crippen LogP contribution in [0, 0.1) is 6.92 Å². The number of imide groups is 1. The Bertz CT molecular complexity index is 671. The molecule has 0 bridgehead atoms. The molecule has 5 nitrogen and oxygen atoms in total. The van der Waals surface area contributed by atoms with Crippen LogP contribution in [0.25, 0.3) is 0 Å². The van der Waals surface area contributed by atoms with Crippen molar-refractivity contribution in [1.29, 1.82) is 0 Å². The Morgan fingerprint density at radius 2 is 1.74 bits per heavy atom. The van der Waals surface area contributed by atoms with Crippen LogP contribution in [-0.2, 0) is 11.2 Å². The van der Waals surface area contributed by atoms with E-state index in [1.165, 1.54) is 11.1 Å². The van der Waals surface area contributed by atoms with Gasteiger partial charge in [0.15, 0.2) is 6.04 Å². The van der Waals surface area contributed by atoms with Gasteiger partial charge in [0.1, 0.15) is 0 Å². The summed E-state index contributed by atoms with van der Waals surface area (Å²) in [6.07, 6.45) is 0.847. The smallest absolute Gasteiger partial charge is 0.319 e. The number of urea groups is 1. The fourth-order valence-electron chi connectivity index (χ4n) is 2.55. The molecule has 0 spiro atoms. The third kappa shape index (κ3) is 4.93. The number of aryl methyl sites for hydroxylation is 1. The molecule has 0 unspecified atom stereocenters. The van der Waals surface area contributed by atoms with E-state index in [9.17, 15) is 9.59 Å². The minimum Gasteiger partial charge on any atom is -0.351 e. The van der Waals surface area contributed by atoms with Gasteiger partial charge in [-0.3, -0.25) is 10.1 Å². The van der Waals surface area contributed by atoms with Crippen molar-refractivity contribution in [2.24, 2.45) is 5.73 Å². The summed E-state index contributed by atoms with van der Waals surface area (Å²) < 4.78 is 0. The van der Waals surface area contributed by atoms with Crippen LogP contribution in [0.1, 0.15) is 22.7 Å². The van der Waals surface area contributed by atoms with Crippen LogP contribution in [0.2, 0.25) is 0 Å². The van der Waals surface area contributed by atoms with Crippen molar-refractivity contribution in [3.8, 4) is 0 Å². The number of benzene rings is 2. The Morgan fingerprint density at radius 1 is 1.09 bits per heavy atom. The van der Waals surface area contributed by atoms with Crippen LogP contribution >= 0.6 is 0 Å². The van der Waals surface area contributed by atoms with E-state index in [1.54, 1.807) is 0 Å². The molecule has 3 amide bonds. The molecule has 0 aliphatic carbocycles. The first-order valence-electron chi connectivity index (χ1n) is 7.61. The zero-order valence-corrected chi connectivity index (χ0v) is 13.2. The lowest BCUT2D eigenvalue weighted by Crippen LogP contribution is -2.88. The van der Waals surface area contributed by atoms with E-state index in [0.717, 1.165) is 18.5 Å². The van der Waals surface area contributed by atoms with Gasteiger partial charge in [0.25, 0.3) is 5.91 Å². The number of rotatable bonds is 6. The molecule has 1 atom stereocenters. The normalized spacial score (nSPS) is 11.7. The molecule has 23 heavy (non-hydrogen) atoms. The van der Waals surface area contributed by atoms with Crippen molar-refractivity contribution < 1.29 is 14.9 Å². The highest BCUT2D eigenvalue weighted by Crippen LogP contribution is 2.09. The monoisotopic (exact) mass is 312 g/mol. The second-order valence-electron chi connectivity index (χ2n) is 5.44. The molecular weight excluding hydrogens is 290 g/mol. The molecule has 0 saturated heterocycles. The lowest BCUT2D eigenvalue weighted by atomic mass is 10.0. The second-order valence-corrected chi connectivity index (χ2v) is 5.44. The summed E-state index contributed by atoms with van der Waals surface area (Å²) in [4.78, 5) is 23.2. The van der Waals surface area contributed by atoms with Gasteiger partial charge in [-0.15, -0.1) is 0 Å². The molecule has 0 aliphatic heterocycles. The van der Waals surface area contributed by atoms with Crippen molar-refractivity contribution in [3.05, 3.63) is 71.3 Å². The fraction of sp³-hybridized carbons (Fsp3) is 0.222. The third-order valence-corrected chi connectivity index (χ3v) is 3.76. The summed E-state index contributed by atoms with van der Waals surface area (Å²) in [6.45, 7) is 2.81. The van der Waals surface area contributed by atoms with E-state index in [2.05, 4.69) is 24.4 Å². The molecule has 0 fully saturated rings. The summed E-state index contributed by atoms with van der Waals surface area (Å²) in [6, 6.07) is 16.2. The highest BCUT2D eigenvalue weighted by atomic mass is 16.2. The van der Waals surface area contributed by atoms with E-state index in [0.29, 0.717) is 0 Å². The average Bonchev–Trinajstić information content (AvgIpc) is 2.53. The quantitative estimate of drug-likeness (QED) is 0.744. The minimum absolute atomic E-state index is 0.395. The van der Waals surface area contributed by atoms with Crippen molar-refractivity contribution >= 4 is 11.9 Å². The van der Waals surface area contributed by atoms with Crippen molar-refractivity contribution in [2.75, 3.05) is 6.54 Å². The van der Waals surface area contributed by atoms with E-state index in [1.807, 2.05) is 47.8 Å². The first-order chi connectivity index (χ1) is 11.1. The van der Waals surface area contributed by atoms with Crippen molar-refractivity contribution in [3.63, 3.8) is 0 Å². The van der Waals surface area contributed by atoms with Gasteiger partial charge >= 0.3 is 6.03 Å². The number of hydrogen-bond acceptors (Lipinski definition) is 2. The van der Waals surface area contributed by atoms with Crippen LogP contribution in [0.4, 0.5) is 4.79 Å². The molecule has 0 heterocycles. The Balaban J connectivity index is 2.04. The molecule has 5 N–H and O–H groups in total. The molecule has 2 aromatic carbocycles. The van der Waals surface area contributed by atoms with E-state index in [4.69, 9.17) is 5.73 Å². The second kappa shape index (κ2) is 8.10. The zero-order chi connectivity index (χ0) is 16.7. The summed E-state index contributed by atoms with van der Waals surface area (Å²) in [5, 5.41) is 4.10. The van der Waals surface area contributed by atoms with Crippen molar-refractivity contribution in [1.82, 2.24) is 5.32 Å². The van der Waals surface area contributed by atoms with Gasteiger partial charge in [0, 0.05) is 12.0 Å². The number of nitrogens with one attached hydrogen (secondary N) is 1. The van der Waals surface area contributed by atoms with Gasteiger partial charge in [0.05, 0.1) is 6.54 Å². The topological polar surface area (TPSA) is 88.8 Å². The molecule has 2 rings (SSSR count). The first-order valence-corrected chi connectivity index (χ1v) is 7.61. The van der Waals surface area contributed by atoms with Crippen LogP contribution in [0.5, 0.6) is 0 Å². The molecule has 2 aromatic rings. The molecule has 5 heteroatoms. The molecule has 0 aromatic heterocycles. The van der Waals surface area contributed by atoms with E-state index in [-0.39, 0.29) is 0 Å². The summed E-state index contributed by atoms with van der Waals surface area (Å²) in [5.74, 6) is -0.395. The van der Waals surface area contributed by atoms with Crippen molar-refractivity contribution in [2.45, 2.75) is 19.4 Å². The Labute approximate surface area is 135 Å². The Hall–Kier alpha value is -2.66. The number of carbonyl (C=O) groups excluding carboxylic acids is 2. The number of nitrogens with two attached hydrogens (primary N) is 2.